The van der Waals surface area contributed by atoms with Gasteiger partial charge in [-0.2, -0.15) is 5.10 Å². The molecule has 0 spiro atoms. The Labute approximate surface area is 137 Å². The molecular formula is C18H24N4O. The molecule has 2 heterocycles. The highest BCUT2D eigenvalue weighted by Gasteiger charge is 2.25. The minimum absolute atomic E-state index is 0.104. The standard InChI is InChI=1S/C18H24N4O/c1-14-17(13-22(20-14)16-6-4-3-5-7-16)18(23)21-10-8-15(9-11-21)12-19-2/h3-7,13,15,19H,8-12H2,1-2H3. The molecule has 1 N–H and O–H groups in total. The number of nitrogens with zero attached hydrogens (tertiary/aromatic N) is 3. The molecule has 0 atom stereocenters. The second-order valence-corrected chi connectivity index (χ2v) is 6.20. The number of likely N-dealkylation sites (tertiary alicyclic amines) is 1. The highest BCUT2D eigenvalue weighted by atomic mass is 16.2. The highest BCUT2D eigenvalue weighted by molar-refractivity contribution is 5.95. The van der Waals surface area contributed by atoms with Crippen molar-refractivity contribution < 1.29 is 4.79 Å². The van der Waals surface area contributed by atoms with E-state index in [-0.39, 0.29) is 5.91 Å². The molecule has 122 valence electrons. The van der Waals surface area contributed by atoms with Gasteiger partial charge in [0.25, 0.3) is 5.91 Å². The van der Waals surface area contributed by atoms with Crippen LogP contribution in [0.2, 0.25) is 0 Å². The van der Waals surface area contributed by atoms with Crippen molar-refractivity contribution in [2.45, 2.75) is 19.8 Å². The van der Waals surface area contributed by atoms with Gasteiger partial charge in [0, 0.05) is 19.3 Å². The van der Waals surface area contributed by atoms with Gasteiger partial charge >= 0.3 is 0 Å². The monoisotopic (exact) mass is 312 g/mol. The molecule has 23 heavy (non-hydrogen) atoms. The Bertz CT molecular complexity index is 657. The van der Waals surface area contributed by atoms with E-state index in [1.807, 2.05) is 55.4 Å². The maximum absolute atomic E-state index is 12.8. The minimum atomic E-state index is 0.104. The maximum Gasteiger partial charge on any atom is 0.257 e. The van der Waals surface area contributed by atoms with Gasteiger partial charge in [0.15, 0.2) is 0 Å². The molecule has 1 saturated heterocycles. The number of nitrogens with one attached hydrogen (secondary N) is 1. The van der Waals surface area contributed by atoms with Crippen LogP contribution in [0.3, 0.4) is 0 Å². The van der Waals surface area contributed by atoms with Crippen LogP contribution in [0.15, 0.2) is 36.5 Å². The Hall–Kier alpha value is -2.14. The predicted octanol–water partition coefficient (Wildman–Crippen LogP) is 2.25. The second kappa shape index (κ2) is 6.96. The van der Waals surface area contributed by atoms with E-state index in [9.17, 15) is 4.79 Å². The summed E-state index contributed by atoms with van der Waals surface area (Å²) in [6.45, 7) is 4.61. The maximum atomic E-state index is 12.8. The van der Waals surface area contributed by atoms with E-state index in [0.29, 0.717) is 11.5 Å². The lowest BCUT2D eigenvalue weighted by atomic mass is 9.96. The van der Waals surface area contributed by atoms with Crippen LogP contribution in [0, 0.1) is 12.8 Å². The summed E-state index contributed by atoms with van der Waals surface area (Å²) < 4.78 is 1.79. The van der Waals surface area contributed by atoms with Crippen molar-refractivity contribution in [1.29, 1.82) is 0 Å². The van der Waals surface area contributed by atoms with Gasteiger partial charge in [-0.1, -0.05) is 18.2 Å². The van der Waals surface area contributed by atoms with Gasteiger partial charge in [-0.15, -0.1) is 0 Å². The van der Waals surface area contributed by atoms with Crippen LogP contribution >= 0.6 is 0 Å². The number of rotatable bonds is 4. The van der Waals surface area contributed by atoms with E-state index >= 15 is 0 Å². The number of aryl methyl sites for hydroxylation is 1. The van der Waals surface area contributed by atoms with Crippen LogP contribution in [-0.4, -0.2) is 47.3 Å². The van der Waals surface area contributed by atoms with E-state index in [4.69, 9.17) is 0 Å². The van der Waals surface area contributed by atoms with Gasteiger partial charge in [0.1, 0.15) is 0 Å². The molecule has 0 saturated carbocycles. The van der Waals surface area contributed by atoms with E-state index in [0.717, 1.165) is 43.9 Å². The summed E-state index contributed by atoms with van der Waals surface area (Å²) in [6, 6.07) is 9.90. The number of hydrogen-bond acceptors (Lipinski definition) is 3. The number of amides is 1. The van der Waals surface area contributed by atoms with Crippen molar-refractivity contribution in [2.75, 3.05) is 26.7 Å². The molecule has 5 heteroatoms. The summed E-state index contributed by atoms with van der Waals surface area (Å²) in [5.74, 6) is 0.782. The van der Waals surface area contributed by atoms with Crippen LogP contribution in [0.1, 0.15) is 28.9 Å². The number of carbonyl (C=O) groups is 1. The smallest absolute Gasteiger partial charge is 0.257 e. The van der Waals surface area contributed by atoms with Crippen molar-refractivity contribution in [1.82, 2.24) is 20.0 Å². The average Bonchev–Trinajstić information content (AvgIpc) is 2.98. The van der Waals surface area contributed by atoms with Crippen LogP contribution in [-0.2, 0) is 0 Å². The van der Waals surface area contributed by atoms with Gasteiger partial charge in [0.2, 0.25) is 0 Å². The molecule has 0 bridgehead atoms. The summed E-state index contributed by atoms with van der Waals surface area (Å²) in [4.78, 5) is 14.8. The first kappa shape index (κ1) is 15.7. The molecule has 0 radical (unpaired) electrons. The van der Waals surface area contributed by atoms with Gasteiger partial charge in [-0.3, -0.25) is 4.79 Å². The first-order valence-electron chi connectivity index (χ1n) is 8.24. The number of piperidine rings is 1. The first-order chi connectivity index (χ1) is 11.2. The van der Waals surface area contributed by atoms with E-state index in [1.54, 1.807) is 4.68 Å². The fourth-order valence-corrected chi connectivity index (χ4v) is 3.18. The Balaban J connectivity index is 1.72. The topological polar surface area (TPSA) is 50.2 Å². The van der Waals surface area contributed by atoms with Gasteiger partial charge in [-0.05, 0) is 51.4 Å². The zero-order valence-electron chi connectivity index (χ0n) is 13.8. The molecule has 1 fully saturated rings. The Morgan fingerprint density at radius 1 is 1.26 bits per heavy atom. The SMILES string of the molecule is CNCC1CCN(C(=O)c2cn(-c3ccccc3)nc2C)CC1. The molecule has 1 amide bonds. The molecule has 1 aromatic carbocycles. The lowest BCUT2D eigenvalue weighted by molar-refractivity contribution is 0.0690. The van der Waals surface area contributed by atoms with Gasteiger partial charge in [-0.25, -0.2) is 4.68 Å². The van der Waals surface area contributed by atoms with Crippen molar-refractivity contribution in [3.63, 3.8) is 0 Å². The molecule has 3 rings (SSSR count). The lowest BCUT2D eigenvalue weighted by Crippen LogP contribution is -2.40. The van der Waals surface area contributed by atoms with Crippen LogP contribution in [0.25, 0.3) is 5.69 Å². The molecule has 0 unspecified atom stereocenters. The molecule has 0 aliphatic carbocycles. The van der Waals surface area contributed by atoms with Crippen molar-refractivity contribution >= 4 is 5.91 Å². The van der Waals surface area contributed by atoms with Gasteiger partial charge < -0.3 is 10.2 Å². The Morgan fingerprint density at radius 3 is 2.61 bits per heavy atom. The third kappa shape index (κ3) is 3.45. The summed E-state index contributed by atoms with van der Waals surface area (Å²) in [5.41, 5.74) is 2.47. The molecule has 1 aliphatic heterocycles. The third-order valence-electron chi connectivity index (χ3n) is 4.54. The van der Waals surface area contributed by atoms with Crippen molar-refractivity contribution in [3.05, 3.63) is 47.8 Å². The molecule has 1 aromatic heterocycles. The number of hydrogen-bond donors (Lipinski definition) is 1. The zero-order valence-corrected chi connectivity index (χ0v) is 13.8. The quantitative estimate of drug-likeness (QED) is 0.942. The van der Waals surface area contributed by atoms with Crippen LogP contribution in [0.4, 0.5) is 0 Å². The highest BCUT2D eigenvalue weighted by Crippen LogP contribution is 2.20. The molecule has 2 aromatic rings. The third-order valence-corrected chi connectivity index (χ3v) is 4.54. The Morgan fingerprint density at radius 2 is 1.96 bits per heavy atom. The van der Waals surface area contributed by atoms with E-state index in [2.05, 4.69) is 10.4 Å². The zero-order chi connectivity index (χ0) is 16.2. The number of para-hydroxylation sites is 1. The lowest BCUT2D eigenvalue weighted by Gasteiger charge is -2.31. The minimum Gasteiger partial charge on any atom is -0.339 e. The number of carbonyl (C=O) groups excluding carboxylic acids is 1. The summed E-state index contributed by atoms with van der Waals surface area (Å²) >= 11 is 0. The van der Waals surface area contributed by atoms with Gasteiger partial charge in [0.05, 0.1) is 16.9 Å². The first-order valence-corrected chi connectivity index (χ1v) is 8.24. The summed E-state index contributed by atoms with van der Waals surface area (Å²) in [7, 11) is 1.98. The average molecular weight is 312 g/mol. The normalized spacial score (nSPS) is 15.8. The second-order valence-electron chi connectivity index (χ2n) is 6.20. The largest absolute Gasteiger partial charge is 0.339 e. The molecule has 1 aliphatic rings. The molecule has 5 nitrogen and oxygen atoms in total. The van der Waals surface area contributed by atoms with Crippen molar-refractivity contribution in [3.8, 4) is 5.69 Å². The van der Waals surface area contributed by atoms with E-state index in [1.165, 1.54) is 0 Å². The fraction of sp³-hybridized carbons (Fsp3) is 0.444. The summed E-state index contributed by atoms with van der Waals surface area (Å²) in [5, 5.41) is 7.73. The van der Waals surface area contributed by atoms with Crippen LogP contribution in [0.5, 0.6) is 0 Å². The number of aromatic nitrogens is 2. The van der Waals surface area contributed by atoms with Crippen molar-refractivity contribution in [2.24, 2.45) is 5.92 Å². The van der Waals surface area contributed by atoms with Crippen LogP contribution < -0.4 is 5.32 Å². The number of benzene rings is 1. The summed E-state index contributed by atoms with van der Waals surface area (Å²) in [6.07, 6.45) is 3.99. The molecular weight excluding hydrogens is 288 g/mol. The van der Waals surface area contributed by atoms with E-state index < -0.39 is 0 Å². The fourth-order valence-electron chi connectivity index (χ4n) is 3.18. The predicted molar refractivity (Wildman–Crippen MR) is 90.9 cm³/mol. The Kier molecular flexibility index (Phi) is 4.76.